The highest BCUT2D eigenvalue weighted by molar-refractivity contribution is 5.93. The Balaban J connectivity index is 1.42. The second-order valence-corrected chi connectivity index (χ2v) is 9.05. The van der Waals surface area contributed by atoms with Crippen molar-refractivity contribution in [3.8, 4) is 6.07 Å². The first-order valence-corrected chi connectivity index (χ1v) is 11.5. The molecule has 3 atom stereocenters. The third-order valence-electron chi connectivity index (χ3n) is 6.88. The summed E-state index contributed by atoms with van der Waals surface area (Å²) in [5.74, 6) is 0.680. The zero-order valence-electron chi connectivity index (χ0n) is 19.1. The van der Waals surface area contributed by atoms with Crippen LogP contribution in [0.1, 0.15) is 37.1 Å². The predicted molar refractivity (Wildman–Crippen MR) is 124 cm³/mol. The van der Waals surface area contributed by atoms with Crippen molar-refractivity contribution in [1.82, 2.24) is 20.0 Å². The largest absolute Gasteiger partial charge is 0.354 e. The zero-order valence-corrected chi connectivity index (χ0v) is 19.1. The number of rotatable bonds is 4. The molecule has 0 spiro atoms. The minimum atomic E-state index is -0.490. The molecule has 2 aromatic rings. The van der Waals surface area contributed by atoms with Crippen molar-refractivity contribution >= 4 is 5.84 Å². The van der Waals surface area contributed by atoms with Crippen LogP contribution in [0, 0.1) is 34.8 Å². The van der Waals surface area contributed by atoms with Crippen LogP contribution < -0.4 is 0 Å². The van der Waals surface area contributed by atoms with E-state index in [0.717, 1.165) is 37.5 Å². The Morgan fingerprint density at radius 2 is 1.88 bits per heavy atom. The number of H-pyrrole nitrogens is 1. The van der Waals surface area contributed by atoms with E-state index in [-0.39, 0.29) is 24.1 Å². The quantitative estimate of drug-likeness (QED) is 0.763. The molecule has 3 heterocycles. The topological polar surface area (TPSA) is 71.3 Å². The molecule has 1 aromatic carbocycles. The summed E-state index contributed by atoms with van der Waals surface area (Å²) < 4.78 is 28.0. The second kappa shape index (κ2) is 10.3. The summed E-state index contributed by atoms with van der Waals surface area (Å²) in [5.41, 5.74) is 1.60. The summed E-state index contributed by atoms with van der Waals surface area (Å²) >= 11 is 0. The van der Waals surface area contributed by atoms with E-state index in [9.17, 15) is 14.0 Å². The minimum absolute atomic E-state index is 0.0836. The van der Waals surface area contributed by atoms with Crippen molar-refractivity contribution in [3.05, 3.63) is 65.0 Å². The van der Waals surface area contributed by atoms with Crippen LogP contribution in [0.4, 0.5) is 8.78 Å². The van der Waals surface area contributed by atoms with E-state index in [0.29, 0.717) is 24.6 Å². The van der Waals surface area contributed by atoms with Gasteiger partial charge in [0.05, 0.1) is 23.5 Å². The lowest BCUT2D eigenvalue weighted by Gasteiger charge is -2.37. The number of nitrogens with one attached hydrogen (secondary N) is 1. The lowest BCUT2D eigenvalue weighted by molar-refractivity contribution is 0.171. The maximum Gasteiger partial charge on any atom is 0.130 e. The summed E-state index contributed by atoms with van der Waals surface area (Å²) in [5, 5.41) is 16.3. The summed E-state index contributed by atoms with van der Waals surface area (Å²) in [6.07, 6.45) is 7.54. The molecule has 2 aliphatic rings. The van der Waals surface area contributed by atoms with E-state index in [2.05, 4.69) is 52.1 Å². The molecule has 0 amide bonds. The van der Waals surface area contributed by atoms with Gasteiger partial charge in [-0.2, -0.15) is 10.4 Å². The molecule has 2 aliphatic heterocycles. The molecular weight excluding hydrogens is 422 g/mol. The Morgan fingerprint density at radius 1 is 1.15 bits per heavy atom. The first-order valence-electron chi connectivity index (χ1n) is 11.5. The van der Waals surface area contributed by atoms with Gasteiger partial charge in [-0.05, 0) is 49.8 Å². The van der Waals surface area contributed by atoms with Crippen molar-refractivity contribution in [2.24, 2.45) is 16.8 Å². The Hall–Kier alpha value is -3.05. The maximum atomic E-state index is 14.0. The van der Waals surface area contributed by atoms with Gasteiger partial charge in [-0.1, -0.05) is 19.1 Å². The van der Waals surface area contributed by atoms with Crippen LogP contribution in [0.25, 0.3) is 0 Å². The molecule has 33 heavy (non-hydrogen) atoms. The van der Waals surface area contributed by atoms with Crippen LogP contribution in [-0.4, -0.2) is 58.1 Å². The lowest BCUT2D eigenvalue weighted by Crippen LogP contribution is -2.48. The van der Waals surface area contributed by atoms with Gasteiger partial charge in [0.25, 0.3) is 0 Å². The van der Waals surface area contributed by atoms with Crippen molar-refractivity contribution < 1.29 is 8.78 Å². The highest BCUT2D eigenvalue weighted by atomic mass is 19.1. The van der Waals surface area contributed by atoms with Gasteiger partial charge in [0.2, 0.25) is 0 Å². The number of benzene rings is 1. The Morgan fingerprint density at radius 3 is 2.58 bits per heavy atom. The van der Waals surface area contributed by atoms with Crippen molar-refractivity contribution in [2.75, 3.05) is 26.2 Å². The third kappa shape index (κ3) is 5.31. The van der Waals surface area contributed by atoms with Crippen LogP contribution in [0.2, 0.25) is 0 Å². The molecular formula is C25H30F2N6. The van der Waals surface area contributed by atoms with Gasteiger partial charge in [0.1, 0.15) is 23.5 Å². The fourth-order valence-electron chi connectivity index (χ4n) is 4.79. The molecule has 1 aromatic heterocycles. The van der Waals surface area contributed by atoms with Crippen LogP contribution >= 0.6 is 0 Å². The highest BCUT2D eigenvalue weighted by Crippen LogP contribution is 2.28. The smallest absolute Gasteiger partial charge is 0.130 e. The maximum absolute atomic E-state index is 14.0. The third-order valence-corrected chi connectivity index (χ3v) is 6.88. The zero-order chi connectivity index (χ0) is 23.4. The van der Waals surface area contributed by atoms with E-state index < -0.39 is 11.6 Å². The second-order valence-electron chi connectivity index (χ2n) is 9.05. The van der Waals surface area contributed by atoms with Gasteiger partial charge < -0.3 is 4.90 Å². The Bertz CT molecular complexity index is 1040. The minimum Gasteiger partial charge on any atom is -0.354 e. The van der Waals surface area contributed by atoms with Gasteiger partial charge in [0, 0.05) is 38.3 Å². The number of aromatic nitrogens is 2. The molecule has 2 unspecified atom stereocenters. The number of amidine groups is 1. The molecule has 1 saturated heterocycles. The first kappa shape index (κ1) is 23.1. The van der Waals surface area contributed by atoms with Gasteiger partial charge in [-0.15, -0.1) is 0 Å². The van der Waals surface area contributed by atoms with E-state index in [1.54, 1.807) is 6.20 Å². The van der Waals surface area contributed by atoms with Crippen molar-refractivity contribution in [2.45, 2.75) is 39.3 Å². The number of aliphatic imine (C=N–C) groups is 1. The van der Waals surface area contributed by atoms with Gasteiger partial charge in [-0.3, -0.25) is 15.0 Å². The molecule has 174 valence electrons. The van der Waals surface area contributed by atoms with Crippen molar-refractivity contribution in [1.29, 1.82) is 5.26 Å². The molecule has 0 aliphatic carbocycles. The van der Waals surface area contributed by atoms with E-state index in [1.807, 2.05) is 0 Å². The molecule has 4 rings (SSSR count). The molecule has 0 bridgehead atoms. The average molecular weight is 453 g/mol. The average Bonchev–Trinajstić information content (AvgIpc) is 3.26. The summed E-state index contributed by atoms with van der Waals surface area (Å²) in [4.78, 5) is 9.40. The van der Waals surface area contributed by atoms with Gasteiger partial charge in [-0.25, -0.2) is 8.78 Å². The van der Waals surface area contributed by atoms with E-state index in [1.165, 1.54) is 18.2 Å². The number of allylic oxidation sites excluding steroid dienone is 1. The Labute approximate surface area is 193 Å². The summed E-state index contributed by atoms with van der Waals surface area (Å²) in [6.45, 7) is 7.59. The lowest BCUT2D eigenvalue weighted by atomic mass is 9.81. The first-order chi connectivity index (χ1) is 16.0. The molecule has 0 saturated carbocycles. The molecule has 0 radical (unpaired) electrons. The Kier molecular flexibility index (Phi) is 7.19. The SMILES string of the molecule is CC1C/C=C\C(N2CCN(Cc3c(F)cccc3F)CC2)=N/C(C)[C@H]1Cc1[nH]ncc1C#N. The number of aromatic amines is 1. The highest BCUT2D eigenvalue weighted by Gasteiger charge is 2.28. The number of piperazine rings is 1. The van der Waals surface area contributed by atoms with Crippen LogP contribution in [-0.2, 0) is 13.0 Å². The normalized spacial score (nSPS) is 26.7. The number of hydrogen-bond donors (Lipinski definition) is 1. The fraction of sp³-hybridized carbons (Fsp3) is 0.480. The number of hydrogen-bond acceptors (Lipinski definition) is 5. The van der Waals surface area contributed by atoms with Crippen LogP contribution in [0.3, 0.4) is 0 Å². The number of nitrogens with zero attached hydrogens (tertiary/aromatic N) is 5. The number of nitriles is 1. The molecule has 1 fully saturated rings. The van der Waals surface area contributed by atoms with Crippen molar-refractivity contribution in [3.63, 3.8) is 0 Å². The molecule has 1 N–H and O–H groups in total. The summed E-state index contributed by atoms with van der Waals surface area (Å²) in [6, 6.07) is 6.31. The van der Waals surface area contributed by atoms with Gasteiger partial charge >= 0.3 is 0 Å². The van der Waals surface area contributed by atoms with E-state index >= 15 is 0 Å². The van der Waals surface area contributed by atoms with Gasteiger partial charge in [0.15, 0.2) is 0 Å². The number of halogens is 2. The molecule has 8 heteroatoms. The predicted octanol–water partition coefficient (Wildman–Crippen LogP) is 3.92. The van der Waals surface area contributed by atoms with Crippen LogP contribution in [0.15, 0.2) is 41.5 Å². The standard InChI is InChI=1S/C25H30F2N6/c1-17-5-3-8-25(30-18(2)20(17)13-24-19(14-28)15-29-31-24)33-11-9-32(10-12-33)16-21-22(26)6-4-7-23(21)27/h3-4,6-8,15,17-18,20H,5,9-13,16H2,1-2H3,(H,29,31)/b8-3-,30-25+/t17?,18?,20-/m0/s1. The summed E-state index contributed by atoms with van der Waals surface area (Å²) in [7, 11) is 0. The van der Waals surface area contributed by atoms with Crippen LogP contribution in [0.5, 0.6) is 0 Å². The van der Waals surface area contributed by atoms with E-state index in [4.69, 9.17) is 4.99 Å². The monoisotopic (exact) mass is 452 g/mol. The fourth-order valence-corrected chi connectivity index (χ4v) is 4.79. The molecule has 6 nitrogen and oxygen atoms in total.